The van der Waals surface area contributed by atoms with Gasteiger partial charge >= 0.3 is 0 Å². The fourth-order valence-electron chi connectivity index (χ4n) is 3.37. The number of methoxy groups -OCH3 is 1. The number of rotatable bonds is 8. The monoisotopic (exact) mass is 435 g/mol. The molecular weight excluding hydrogens is 402 g/mol. The maximum atomic E-state index is 7.94. The molecule has 0 saturated heterocycles. The fourth-order valence-corrected chi connectivity index (χ4v) is 3.37. The van der Waals surface area contributed by atoms with E-state index < -0.39 is 0 Å². The number of benzene rings is 1. The summed E-state index contributed by atoms with van der Waals surface area (Å²) < 4.78 is 7.42. The minimum Gasteiger partial charge on any atom is -0.494 e. The van der Waals surface area contributed by atoms with E-state index in [0.717, 1.165) is 46.3 Å². The van der Waals surface area contributed by atoms with Crippen molar-refractivity contribution < 1.29 is 4.74 Å². The molecule has 0 aliphatic carbocycles. The lowest BCUT2D eigenvalue weighted by Gasteiger charge is -2.28. The smallest absolute Gasteiger partial charge is 0.152 e. The second kappa shape index (κ2) is 9.30. The first-order valence-corrected chi connectivity index (χ1v) is 10.6. The highest BCUT2D eigenvalue weighted by Crippen LogP contribution is 2.33. The molecule has 8 nitrogen and oxygen atoms in total. The van der Waals surface area contributed by atoms with Gasteiger partial charge in [0, 0.05) is 49.9 Å². The van der Waals surface area contributed by atoms with E-state index >= 15 is 0 Å². The van der Waals surface area contributed by atoms with E-state index in [9.17, 15) is 0 Å². The van der Waals surface area contributed by atoms with Crippen LogP contribution in [0.5, 0.6) is 5.75 Å². The van der Waals surface area contributed by atoms with Crippen molar-refractivity contribution >= 4 is 23.4 Å². The molecule has 0 bridgehead atoms. The quantitative estimate of drug-likeness (QED) is 0.350. The van der Waals surface area contributed by atoms with Crippen LogP contribution in [0.2, 0.25) is 0 Å². The average Bonchev–Trinajstić information content (AvgIpc) is 3.17. The molecule has 0 amide bonds. The van der Waals surface area contributed by atoms with Gasteiger partial charge in [0.25, 0.3) is 0 Å². The molecule has 3 aromatic rings. The summed E-state index contributed by atoms with van der Waals surface area (Å²) in [4.78, 5) is 4.71. The molecule has 32 heavy (non-hydrogen) atoms. The van der Waals surface area contributed by atoms with E-state index in [4.69, 9.17) is 15.1 Å². The van der Waals surface area contributed by atoms with Crippen LogP contribution in [-0.4, -0.2) is 41.7 Å². The molecular formula is C24H33N7O. The van der Waals surface area contributed by atoms with Crippen molar-refractivity contribution in [2.24, 2.45) is 12.5 Å². The minimum absolute atomic E-state index is 0.0874. The molecule has 0 aliphatic rings. The SMILES string of the molecule is COc1cc(-c2ccn(C)n2)ccc1NN(C)c1c(C=N)cc(C)nc1NCC(C)(C)C. The van der Waals surface area contributed by atoms with Gasteiger partial charge in [0.1, 0.15) is 11.4 Å². The van der Waals surface area contributed by atoms with Crippen LogP contribution in [0.25, 0.3) is 11.3 Å². The van der Waals surface area contributed by atoms with Gasteiger partial charge in [-0.25, -0.2) is 4.98 Å². The summed E-state index contributed by atoms with van der Waals surface area (Å²) >= 11 is 0. The van der Waals surface area contributed by atoms with Gasteiger partial charge in [-0.1, -0.05) is 26.8 Å². The summed E-state index contributed by atoms with van der Waals surface area (Å²) in [6.07, 6.45) is 3.27. The van der Waals surface area contributed by atoms with Crippen LogP contribution in [0.4, 0.5) is 17.2 Å². The summed E-state index contributed by atoms with van der Waals surface area (Å²) in [5.74, 6) is 1.43. The van der Waals surface area contributed by atoms with Gasteiger partial charge < -0.3 is 15.5 Å². The Morgan fingerprint density at radius 2 is 1.97 bits per heavy atom. The zero-order chi connectivity index (χ0) is 23.5. The Balaban J connectivity index is 1.94. The third kappa shape index (κ3) is 5.38. The minimum atomic E-state index is 0.0874. The molecule has 0 saturated carbocycles. The van der Waals surface area contributed by atoms with Gasteiger partial charge in [-0.05, 0) is 36.6 Å². The van der Waals surface area contributed by atoms with Crippen molar-refractivity contribution in [1.29, 1.82) is 5.41 Å². The highest BCUT2D eigenvalue weighted by atomic mass is 16.5. The number of aryl methyl sites for hydroxylation is 2. The first-order valence-electron chi connectivity index (χ1n) is 10.6. The predicted molar refractivity (Wildman–Crippen MR) is 132 cm³/mol. The normalized spacial score (nSPS) is 11.2. The van der Waals surface area contributed by atoms with Crippen molar-refractivity contribution in [3.8, 4) is 17.0 Å². The maximum Gasteiger partial charge on any atom is 0.152 e. The Kier molecular flexibility index (Phi) is 6.72. The molecule has 0 unspecified atom stereocenters. The number of pyridine rings is 1. The average molecular weight is 436 g/mol. The molecule has 0 atom stereocenters. The number of hydrogen-bond donors (Lipinski definition) is 3. The second-order valence-electron chi connectivity index (χ2n) is 9.07. The van der Waals surface area contributed by atoms with E-state index in [1.54, 1.807) is 11.8 Å². The molecule has 3 N–H and O–H groups in total. The maximum absolute atomic E-state index is 7.94. The number of aromatic nitrogens is 3. The van der Waals surface area contributed by atoms with E-state index in [2.05, 4.69) is 36.6 Å². The third-order valence-electron chi connectivity index (χ3n) is 4.93. The standard InChI is InChI=1S/C24H33N7O/c1-16-12-18(14-25)22(23(27-16)26-15-24(2,3)4)31(6)29-20-9-8-17(13-21(20)32-7)19-10-11-30(5)28-19/h8-14,25,29H,15H2,1-7H3,(H,26,27). The van der Waals surface area contributed by atoms with Crippen molar-refractivity contribution in [3.63, 3.8) is 0 Å². The van der Waals surface area contributed by atoms with Crippen LogP contribution in [0.3, 0.4) is 0 Å². The fraction of sp³-hybridized carbons (Fsp3) is 0.375. The Bertz CT molecular complexity index is 1100. The van der Waals surface area contributed by atoms with Gasteiger partial charge in [0.2, 0.25) is 0 Å². The first kappa shape index (κ1) is 23.1. The lowest BCUT2D eigenvalue weighted by atomic mass is 9.97. The van der Waals surface area contributed by atoms with Gasteiger partial charge in [0.15, 0.2) is 5.82 Å². The van der Waals surface area contributed by atoms with Gasteiger partial charge in [-0.3, -0.25) is 15.1 Å². The summed E-state index contributed by atoms with van der Waals surface area (Å²) in [5.41, 5.74) is 8.56. The molecule has 2 heterocycles. The van der Waals surface area contributed by atoms with Crippen molar-refractivity contribution in [2.75, 3.05) is 36.5 Å². The number of anilines is 3. The van der Waals surface area contributed by atoms with E-state index in [0.29, 0.717) is 5.75 Å². The van der Waals surface area contributed by atoms with Gasteiger partial charge in [0.05, 0.1) is 18.5 Å². The highest BCUT2D eigenvalue weighted by molar-refractivity contribution is 5.91. The van der Waals surface area contributed by atoms with Crippen molar-refractivity contribution in [1.82, 2.24) is 14.8 Å². The Hall–Kier alpha value is -3.55. The van der Waals surface area contributed by atoms with Crippen LogP contribution in [0.15, 0.2) is 36.5 Å². The predicted octanol–water partition coefficient (Wildman–Crippen LogP) is 4.72. The number of nitrogens with zero attached hydrogens (tertiary/aromatic N) is 4. The summed E-state index contributed by atoms with van der Waals surface area (Å²) in [6, 6.07) is 9.81. The Labute approximate surface area is 190 Å². The van der Waals surface area contributed by atoms with Crippen molar-refractivity contribution in [3.05, 3.63) is 47.8 Å². The summed E-state index contributed by atoms with van der Waals surface area (Å²) in [6.45, 7) is 9.20. The number of ether oxygens (including phenoxy) is 1. The second-order valence-corrected chi connectivity index (χ2v) is 9.07. The molecule has 3 rings (SSSR count). The highest BCUT2D eigenvalue weighted by Gasteiger charge is 2.19. The van der Waals surface area contributed by atoms with E-state index in [-0.39, 0.29) is 5.41 Å². The summed E-state index contributed by atoms with van der Waals surface area (Å²) in [5, 5.41) is 17.7. The number of hydrazine groups is 1. The molecule has 2 aromatic heterocycles. The molecule has 1 aromatic carbocycles. The molecule has 170 valence electrons. The molecule has 8 heteroatoms. The molecule has 0 radical (unpaired) electrons. The number of nitrogens with one attached hydrogen (secondary N) is 3. The van der Waals surface area contributed by atoms with Crippen LogP contribution in [0, 0.1) is 17.7 Å². The largest absolute Gasteiger partial charge is 0.494 e. The Morgan fingerprint density at radius 1 is 1.22 bits per heavy atom. The lowest BCUT2D eigenvalue weighted by Crippen LogP contribution is -2.29. The molecule has 0 aliphatic heterocycles. The van der Waals surface area contributed by atoms with E-state index in [1.807, 2.05) is 62.6 Å². The zero-order valence-electron chi connectivity index (χ0n) is 19.9. The van der Waals surface area contributed by atoms with Gasteiger partial charge in [-0.2, -0.15) is 5.10 Å². The topological polar surface area (TPSA) is 91.1 Å². The Morgan fingerprint density at radius 3 is 2.56 bits per heavy atom. The first-order chi connectivity index (χ1) is 15.1. The van der Waals surface area contributed by atoms with Crippen molar-refractivity contribution in [2.45, 2.75) is 27.7 Å². The van der Waals surface area contributed by atoms with Gasteiger partial charge in [-0.15, -0.1) is 0 Å². The molecule has 0 spiro atoms. The lowest BCUT2D eigenvalue weighted by molar-refractivity contribution is 0.416. The van der Waals surface area contributed by atoms with Crippen LogP contribution >= 0.6 is 0 Å². The van der Waals surface area contributed by atoms with E-state index in [1.165, 1.54) is 6.21 Å². The van der Waals surface area contributed by atoms with Crippen LogP contribution < -0.4 is 20.5 Å². The third-order valence-corrected chi connectivity index (χ3v) is 4.93. The zero-order valence-corrected chi connectivity index (χ0v) is 19.9. The number of hydrogen-bond acceptors (Lipinski definition) is 7. The summed E-state index contributed by atoms with van der Waals surface area (Å²) in [7, 11) is 5.45. The molecule has 0 fully saturated rings. The van der Waals surface area contributed by atoms with Crippen LogP contribution in [0.1, 0.15) is 32.0 Å². The van der Waals surface area contributed by atoms with Crippen LogP contribution in [-0.2, 0) is 7.05 Å².